The molecule has 7 heteroatoms. The summed E-state index contributed by atoms with van der Waals surface area (Å²) in [5.41, 5.74) is 0.567. The molecule has 2 aromatic rings. The molecule has 3 rings (SSSR count). The molecular weight excluding hydrogens is 304 g/mol. The van der Waals surface area contributed by atoms with E-state index in [1.807, 2.05) is 0 Å². The van der Waals surface area contributed by atoms with Crippen molar-refractivity contribution in [2.75, 3.05) is 6.54 Å². The van der Waals surface area contributed by atoms with Crippen molar-refractivity contribution in [2.45, 2.75) is 36.7 Å². The van der Waals surface area contributed by atoms with Gasteiger partial charge in [0.25, 0.3) is 0 Å². The number of sulfonamides is 1. The first-order valence-electron chi connectivity index (χ1n) is 7.13. The Morgan fingerprint density at radius 1 is 1.32 bits per heavy atom. The normalized spacial score (nSPS) is 17.2. The summed E-state index contributed by atoms with van der Waals surface area (Å²) in [4.78, 5) is 4.36. The highest BCUT2D eigenvalue weighted by molar-refractivity contribution is 7.89. The fourth-order valence-corrected chi connectivity index (χ4v) is 3.49. The molecule has 1 aliphatic carbocycles. The fourth-order valence-electron chi connectivity index (χ4n) is 2.38. The van der Waals surface area contributed by atoms with Crippen LogP contribution in [0.3, 0.4) is 0 Å². The summed E-state index contributed by atoms with van der Waals surface area (Å²) < 4.78 is 32.0. The smallest absolute Gasteiger partial charge is 0.240 e. The van der Waals surface area contributed by atoms with Crippen molar-refractivity contribution in [3.63, 3.8) is 0 Å². The average Bonchev–Trinajstić information content (AvgIpc) is 2.90. The summed E-state index contributed by atoms with van der Waals surface area (Å²) in [6, 6.07) is 6.41. The second-order valence-electron chi connectivity index (χ2n) is 5.68. The zero-order chi connectivity index (χ0) is 15.8. The van der Waals surface area contributed by atoms with Crippen LogP contribution in [0.2, 0.25) is 0 Å². The zero-order valence-electron chi connectivity index (χ0n) is 12.2. The molecular formula is C15H18N2O4S. The predicted octanol–water partition coefficient (Wildman–Crippen LogP) is 1.84. The highest BCUT2D eigenvalue weighted by atomic mass is 32.2. The third kappa shape index (κ3) is 3.06. The summed E-state index contributed by atoms with van der Waals surface area (Å²) in [5.74, 6) is 0.558. The first-order chi connectivity index (χ1) is 10.4. The van der Waals surface area contributed by atoms with E-state index in [4.69, 9.17) is 4.42 Å². The Bertz CT molecular complexity index is 761. The summed E-state index contributed by atoms with van der Waals surface area (Å²) in [5, 5.41) is 9.97. The van der Waals surface area contributed by atoms with Crippen LogP contribution in [-0.4, -0.2) is 30.7 Å². The highest BCUT2D eigenvalue weighted by Crippen LogP contribution is 2.31. The molecule has 1 saturated carbocycles. The van der Waals surface area contributed by atoms with Gasteiger partial charge in [-0.2, -0.15) is 0 Å². The van der Waals surface area contributed by atoms with Crippen molar-refractivity contribution in [3.8, 4) is 11.3 Å². The van der Waals surface area contributed by atoms with E-state index >= 15 is 0 Å². The number of oxazole rings is 1. The SMILES string of the molecule is Cc1nc(-c2ccc(S(=O)(=O)NCC3(O)CCC3)cc2)co1. The van der Waals surface area contributed by atoms with E-state index in [0.29, 0.717) is 24.4 Å². The minimum absolute atomic E-state index is 0.0551. The van der Waals surface area contributed by atoms with Gasteiger partial charge in [-0.3, -0.25) is 0 Å². The van der Waals surface area contributed by atoms with E-state index in [2.05, 4.69) is 9.71 Å². The Balaban J connectivity index is 1.73. The van der Waals surface area contributed by atoms with Crippen LogP contribution < -0.4 is 4.72 Å². The standard InChI is InChI=1S/C15H18N2O4S/c1-11-17-14(9-21-11)12-3-5-13(6-4-12)22(19,20)16-10-15(18)7-2-8-15/h3-6,9,16,18H,2,7-8,10H2,1H3. The predicted molar refractivity (Wildman–Crippen MR) is 80.7 cm³/mol. The van der Waals surface area contributed by atoms with E-state index < -0.39 is 15.6 Å². The Morgan fingerprint density at radius 3 is 2.50 bits per heavy atom. The van der Waals surface area contributed by atoms with E-state index in [1.165, 1.54) is 18.4 Å². The minimum Gasteiger partial charge on any atom is -0.449 e. The van der Waals surface area contributed by atoms with Gasteiger partial charge >= 0.3 is 0 Å². The molecule has 2 N–H and O–H groups in total. The molecule has 1 aromatic carbocycles. The number of hydrogen-bond acceptors (Lipinski definition) is 5. The highest BCUT2D eigenvalue weighted by Gasteiger charge is 2.35. The Labute approximate surface area is 129 Å². The summed E-state index contributed by atoms with van der Waals surface area (Å²) >= 11 is 0. The number of aromatic nitrogens is 1. The van der Waals surface area contributed by atoms with Crippen LogP contribution in [0.25, 0.3) is 11.3 Å². The molecule has 0 aliphatic heterocycles. The second-order valence-corrected chi connectivity index (χ2v) is 7.45. The van der Waals surface area contributed by atoms with Gasteiger partial charge in [-0.15, -0.1) is 0 Å². The van der Waals surface area contributed by atoms with Crippen LogP contribution in [0.1, 0.15) is 25.2 Å². The van der Waals surface area contributed by atoms with Crippen molar-refractivity contribution in [1.29, 1.82) is 0 Å². The Morgan fingerprint density at radius 2 is 2.00 bits per heavy atom. The quantitative estimate of drug-likeness (QED) is 0.876. The number of aryl methyl sites for hydroxylation is 1. The van der Waals surface area contributed by atoms with Gasteiger partial charge < -0.3 is 9.52 Å². The third-order valence-electron chi connectivity index (χ3n) is 3.95. The van der Waals surface area contributed by atoms with Crippen LogP contribution in [0.15, 0.2) is 39.8 Å². The number of nitrogens with zero attached hydrogens (tertiary/aromatic N) is 1. The van der Waals surface area contributed by atoms with Crippen LogP contribution in [0.4, 0.5) is 0 Å². The van der Waals surface area contributed by atoms with Crippen LogP contribution in [0, 0.1) is 6.92 Å². The number of rotatable bonds is 5. The summed E-state index contributed by atoms with van der Waals surface area (Å²) in [6.45, 7) is 1.80. The van der Waals surface area contributed by atoms with Crippen molar-refractivity contribution in [1.82, 2.24) is 9.71 Å². The van der Waals surface area contributed by atoms with E-state index in [1.54, 1.807) is 19.1 Å². The molecule has 0 amide bonds. The molecule has 0 atom stereocenters. The number of nitrogens with one attached hydrogen (secondary N) is 1. The lowest BCUT2D eigenvalue weighted by atomic mass is 9.81. The molecule has 1 aromatic heterocycles. The monoisotopic (exact) mass is 322 g/mol. The van der Waals surface area contributed by atoms with Crippen molar-refractivity contribution in [3.05, 3.63) is 36.4 Å². The van der Waals surface area contributed by atoms with Gasteiger partial charge in [0.1, 0.15) is 12.0 Å². The maximum Gasteiger partial charge on any atom is 0.240 e. The average molecular weight is 322 g/mol. The van der Waals surface area contributed by atoms with Crippen LogP contribution in [-0.2, 0) is 10.0 Å². The topological polar surface area (TPSA) is 92.4 Å². The molecule has 0 radical (unpaired) electrons. The Hall–Kier alpha value is -1.70. The van der Waals surface area contributed by atoms with E-state index in [9.17, 15) is 13.5 Å². The number of aliphatic hydroxyl groups is 1. The summed E-state index contributed by atoms with van der Waals surface area (Å²) in [7, 11) is -3.62. The van der Waals surface area contributed by atoms with Crippen molar-refractivity contribution in [2.24, 2.45) is 0 Å². The number of hydrogen-bond donors (Lipinski definition) is 2. The molecule has 0 unspecified atom stereocenters. The first-order valence-corrected chi connectivity index (χ1v) is 8.61. The first kappa shape index (κ1) is 15.2. The second kappa shape index (κ2) is 5.49. The largest absolute Gasteiger partial charge is 0.449 e. The summed E-state index contributed by atoms with van der Waals surface area (Å²) in [6.07, 6.45) is 3.74. The fraction of sp³-hybridized carbons (Fsp3) is 0.400. The van der Waals surface area contributed by atoms with Gasteiger partial charge in [-0.05, 0) is 31.4 Å². The minimum atomic E-state index is -3.62. The van der Waals surface area contributed by atoms with E-state index in [0.717, 1.165) is 12.0 Å². The van der Waals surface area contributed by atoms with Gasteiger partial charge in [0, 0.05) is 19.0 Å². The van der Waals surface area contributed by atoms with Gasteiger partial charge in [-0.25, -0.2) is 18.1 Å². The van der Waals surface area contributed by atoms with Gasteiger partial charge in [0.15, 0.2) is 5.89 Å². The molecule has 1 aliphatic rings. The van der Waals surface area contributed by atoms with Gasteiger partial charge in [-0.1, -0.05) is 12.1 Å². The maximum absolute atomic E-state index is 12.2. The lowest BCUT2D eigenvalue weighted by molar-refractivity contribution is -0.0270. The maximum atomic E-state index is 12.2. The van der Waals surface area contributed by atoms with Crippen molar-refractivity contribution < 1.29 is 17.9 Å². The van der Waals surface area contributed by atoms with Gasteiger partial charge in [0.05, 0.1) is 10.5 Å². The molecule has 0 bridgehead atoms. The molecule has 22 heavy (non-hydrogen) atoms. The molecule has 0 spiro atoms. The molecule has 118 valence electrons. The number of benzene rings is 1. The molecule has 1 fully saturated rings. The molecule has 6 nitrogen and oxygen atoms in total. The lowest BCUT2D eigenvalue weighted by Gasteiger charge is -2.36. The lowest BCUT2D eigenvalue weighted by Crippen LogP contribution is -2.47. The zero-order valence-corrected chi connectivity index (χ0v) is 13.1. The molecule has 1 heterocycles. The van der Waals surface area contributed by atoms with Gasteiger partial charge in [0.2, 0.25) is 10.0 Å². The van der Waals surface area contributed by atoms with Crippen molar-refractivity contribution >= 4 is 10.0 Å². The van der Waals surface area contributed by atoms with Crippen LogP contribution >= 0.6 is 0 Å². The van der Waals surface area contributed by atoms with Crippen LogP contribution in [0.5, 0.6) is 0 Å². The molecule has 0 saturated heterocycles. The van der Waals surface area contributed by atoms with E-state index in [-0.39, 0.29) is 11.4 Å². The third-order valence-corrected chi connectivity index (χ3v) is 5.37. The Kier molecular flexibility index (Phi) is 3.80.